The van der Waals surface area contributed by atoms with Crippen molar-refractivity contribution < 1.29 is 19.0 Å². The molecule has 3 aliphatic heterocycles. The molecule has 1 aromatic heterocycles. The number of pyridine rings is 1. The average Bonchev–Trinajstić information content (AvgIpc) is 2.99. The van der Waals surface area contributed by atoms with Gasteiger partial charge in [-0.15, -0.1) is 0 Å². The van der Waals surface area contributed by atoms with Gasteiger partial charge in [-0.3, -0.25) is 9.80 Å². The number of aliphatic hydroxyl groups is 2. The standard InChI is InChI=1S/C34H46F2N6O2/c1-6-28(43)40-17-21(5)41(18-20(40)4)32-24-16-26(36)30-29-25(35)13-8-14-27(29)37-15-9-11-22-10-7-12-23(19(2)3)31(22)42(33(24)38-30)34(44)39-32/h6-7,12-13,16,19-22,27-29,34,37,43-44H,1,8-11,14-15,17-18H2,2-5H3/t20-,21+,22?,27?,28?,29?,34?/m1/s1. The van der Waals surface area contributed by atoms with Crippen molar-refractivity contribution in [1.29, 1.82) is 0 Å². The maximum atomic E-state index is 16.3. The molecule has 44 heavy (non-hydrogen) atoms. The van der Waals surface area contributed by atoms with Gasteiger partial charge in [0.15, 0.2) is 0 Å². The molecule has 1 fully saturated rings. The van der Waals surface area contributed by atoms with E-state index in [2.05, 4.69) is 42.8 Å². The molecule has 4 heterocycles. The number of halogens is 2. The minimum Gasteiger partial charge on any atom is -0.375 e. The molecule has 0 spiro atoms. The van der Waals surface area contributed by atoms with Gasteiger partial charge in [0.25, 0.3) is 0 Å². The van der Waals surface area contributed by atoms with E-state index in [1.54, 1.807) is 11.0 Å². The summed E-state index contributed by atoms with van der Waals surface area (Å²) in [7, 11) is 0. The van der Waals surface area contributed by atoms with E-state index in [1.807, 2.05) is 18.7 Å². The van der Waals surface area contributed by atoms with E-state index in [4.69, 9.17) is 9.98 Å². The van der Waals surface area contributed by atoms with Gasteiger partial charge in [-0.1, -0.05) is 38.7 Å². The van der Waals surface area contributed by atoms with Gasteiger partial charge in [0.05, 0.1) is 17.2 Å². The third-order valence-corrected chi connectivity index (χ3v) is 10.0. The van der Waals surface area contributed by atoms with E-state index in [0.717, 1.165) is 30.5 Å². The Morgan fingerprint density at radius 3 is 2.70 bits per heavy atom. The van der Waals surface area contributed by atoms with E-state index in [0.29, 0.717) is 49.7 Å². The predicted octanol–water partition coefficient (Wildman–Crippen LogP) is 4.93. The molecule has 1 aromatic rings. The highest BCUT2D eigenvalue weighted by atomic mass is 19.1. The van der Waals surface area contributed by atoms with E-state index in [9.17, 15) is 10.2 Å². The molecule has 2 aliphatic carbocycles. The SMILES string of the molecule is C=CC(O)N1C[C@H](C)N(C2=NC(O)N3C4=C(C(C)C)C=CCC4CCCNC4CCC=C(F)C4c4nc3c2cc4F)C[C@H]1C. The lowest BCUT2D eigenvalue weighted by molar-refractivity contribution is -0.0297. The third kappa shape index (κ3) is 5.44. The molecule has 238 valence electrons. The number of anilines is 1. The van der Waals surface area contributed by atoms with E-state index in [-0.39, 0.29) is 41.5 Å². The monoisotopic (exact) mass is 608 g/mol. The van der Waals surface area contributed by atoms with Crippen LogP contribution in [0.3, 0.4) is 0 Å². The highest BCUT2D eigenvalue weighted by molar-refractivity contribution is 6.05. The molecule has 1 saturated heterocycles. The van der Waals surface area contributed by atoms with Crippen molar-refractivity contribution in [3.8, 4) is 0 Å². The van der Waals surface area contributed by atoms with Crippen LogP contribution in [-0.2, 0) is 0 Å². The number of allylic oxidation sites excluding steroid dienone is 5. The van der Waals surface area contributed by atoms with Crippen molar-refractivity contribution in [2.75, 3.05) is 24.5 Å². The largest absolute Gasteiger partial charge is 0.375 e. The molecule has 5 unspecified atom stereocenters. The van der Waals surface area contributed by atoms with Crippen molar-refractivity contribution >= 4 is 11.7 Å². The Morgan fingerprint density at radius 1 is 1.16 bits per heavy atom. The highest BCUT2D eigenvalue weighted by Gasteiger charge is 2.43. The van der Waals surface area contributed by atoms with Gasteiger partial charge in [0.1, 0.15) is 29.5 Å². The molecule has 3 N–H and O–H groups in total. The fourth-order valence-electron chi connectivity index (χ4n) is 7.76. The summed E-state index contributed by atoms with van der Waals surface area (Å²) in [5.41, 5.74) is 2.60. The first-order chi connectivity index (χ1) is 21.1. The van der Waals surface area contributed by atoms with Crippen molar-refractivity contribution in [3.63, 3.8) is 0 Å². The van der Waals surface area contributed by atoms with Gasteiger partial charge in [-0.25, -0.2) is 18.8 Å². The first kappa shape index (κ1) is 31.1. The number of nitrogens with one attached hydrogen (secondary N) is 1. The van der Waals surface area contributed by atoms with Gasteiger partial charge >= 0.3 is 0 Å². The van der Waals surface area contributed by atoms with Crippen LogP contribution in [-0.4, -0.2) is 81.2 Å². The van der Waals surface area contributed by atoms with E-state index < -0.39 is 24.3 Å². The Labute approximate surface area is 259 Å². The molecule has 0 radical (unpaired) electrons. The number of fused-ring (bicyclic) bond motifs is 5. The molecule has 8 nitrogen and oxygen atoms in total. The second-order valence-electron chi connectivity index (χ2n) is 13.3. The minimum absolute atomic E-state index is 0.0589. The molecule has 0 amide bonds. The summed E-state index contributed by atoms with van der Waals surface area (Å²) in [4.78, 5) is 15.7. The fraction of sp³-hybridized carbons (Fsp3) is 0.588. The number of aliphatic hydroxyl groups excluding tert-OH is 2. The fourth-order valence-corrected chi connectivity index (χ4v) is 7.76. The summed E-state index contributed by atoms with van der Waals surface area (Å²) < 4.78 is 31.9. The summed E-state index contributed by atoms with van der Waals surface area (Å²) in [6.45, 7) is 13.8. The maximum Gasteiger partial charge on any atom is 0.232 e. The normalized spacial score (nSPS) is 31.8. The molecular formula is C34H46F2N6O2. The summed E-state index contributed by atoms with van der Waals surface area (Å²) >= 11 is 0. The van der Waals surface area contributed by atoms with Crippen LogP contribution in [0.5, 0.6) is 0 Å². The number of hydrogen-bond acceptors (Lipinski definition) is 8. The Morgan fingerprint density at radius 2 is 1.95 bits per heavy atom. The van der Waals surface area contributed by atoms with E-state index >= 15 is 8.78 Å². The number of aliphatic imine (C=N–C) groups is 1. The van der Waals surface area contributed by atoms with Crippen LogP contribution < -0.4 is 10.2 Å². The van der Waals surface area contributed by atoms with Crippen LogP contribution in [0.25, 0.3) is 0 Å². The lowest BCUT2D eigenvalue weighted by Crippen LogP contribution is -2.61. The Kier molecular flexibility index (Phi) is 8.80. The van der Waals surface area contributed by atoms with Crippen LogP contribution in [0.4, 0.5) is 14.6 Å². The van der Waals surface area contributed by atoms with Crippen molar-refractivity contribution in [2.24, 2.45) is 16.8 Å². The number of nitrogens with zero attached hydrogens (tertiary/aromatic N) is 5. The van der Waals surface area contributed by atoms with Gasteiger partial charge in [0.2, 0.25) is 6.35 Å². The predicted molar refractivity (Wildman–Crippen MR) is 169 cm³/mol. The zero-order valence-corrected chi connectivity index (χ0v) is 26.3. The molecule has 2 bridgehead atoms. The van der Waals surface area contributed by atoms with E-state index in [1.165, 1.54) is 12.1 Å². The lowest BCUT2D eigenvalue weighted by atomic mass is 9.82. The van der Waals surface area contributed by atoms with Crippen LogP contribution in [0.1, 0.15) is 77.0 Å². The smallest absolute Gasteiger partial charge is 0.232 e. The number of rotatable bonds is 3. The molecule has 0 aromatic carbocycles. The number of aromatic nitrogens is 1. The van der Waals surface area contributed by atoms with Crippen molar-refractivity contribution in [1.82, 2.24) is 20.1 Å². The first-order valence-electron chi connectivity index (χ1n) is 16.2. The molecule has 5 aliphatic rings. The highest BCUT2D eigenvalue weighted by Crippen LogP contribution is 2.44. The first-order valence-corrected chi connectivity index (χ1v) is 16.2. The minimum atomic E-state index is -1.29. The second kappa shape index (κ2) is 12.5. The van der Waals surface area contributed by atoms with Gasteiger partial charge in [-0.05, 0) is 76.1 Å². The van der Waals surface area contributed by atoms with Gasteiger partial charge < -0.3 is 20.4 Å². The van der Waals surface area contributed by atoms with Crippen molar-refractivity contribution in [2.45, 2.75) is 96.4 Å². The lowest BCUT2D eigenvalue weighted by Gasteiger charge is -2.48. The Balaban J connectivity index is 1.54. The summed E-state index contributed by atoms with van der Waals surface area (Å²) in [6, 6.07) is 1.01. The van der Waals surface area contributed by atoms with Crippen LogP contribution in [0, 0.1) is 17.7 Å². The number of amidine groups is 1. The van der Waals surface area contributed by atoms with Crippen LogP contribution >= 0.6 is 0 Å². The maximum absolute atomic E-state index is 16.3. The third-order valence-electron chi connectivity index (χ3n) is 10.0. The van der Waals surface area contributed by atoms with Crippen LogP contribution in [0.2, 0.25) is 0 Å². The average molecular weight is 609 g/mol. The summed E-state index contributed by atoms with van der Waals surface area (Å²) in [5, 5.41) is 26.0. The Bertz CT molecular complexity index is 1410. The Hall–Kier alpha value is -2.92. The van der Waals surface area contributed by atoms with Crippen LogP contribution in [0.15, 0.2) is 59.0 Å². The molecule has 7 atom stereocenters. The topological polar surface area (TPSA) is 87.5 Å². The molecule has 6 rings (SSSR count). The van der Waals surface area contributed by atoms with Crippen molar-refractivity contribution in [3.05, 3.63) is 71.1 Å². The number of piperazine rings is 1. The summed E-state index contributed by atoms with van der Waals surface area (Å²) in [6.07, 6.45) is 9.18. The summed E-state index contributed by atoms with van der Waals surface area (Å²) in [5.74, 6) is -0.624. The quantitative estimate of drug-likeness (QED) is 0.420. The zero-order valence-electron chi connectivity index (χ0n) is 26.3. The molecular weight excluding hydrogens is 562 g/mol. The second-order valence-corrected chi connectivity index (χ2v) is 13.3. The zero-order chi connectivity index (χ0) is 31.3. The van der Waals surface area contributed by atoms with Gasteiger partial charge in [0, 0.05) is 42.8 Å². The number of hydrogen-bond donors (Lipinski definition) is 3. The van der Waals surface area contributed by atoms with Gasteiger partial charge in [-0.2, -0.15) is 0 Å². The molecule has 10 heteroatoms. The molecule has 0 saturated carbocycles.